The number of amidine groups is 1. The topological polar surface area (TPSA) is 195 Å². The van der Waals surface area contributed by atoms with Crippen LogP contribution in [0.25, 0.3) is 0 Å². The number of nitrogens with zero attached hydrogens (tertiary/aromatic N) is 6. The van der Waals surface area contributed by atoms with Gasteiger partial charge in [0.1, 0.15) is 24.4 Å². The Bertz CT molecular complexity index is 1130. The number of carboxylic acid groups (broad SMARTS) is 1. The molecule has 0 aromatic carbocycles. The smallest absolute Gasteiger partial charge is 0.353 e. The Hall–Kier alpha value is -3.04. The number of nitrogens with two attached hydrogens (primary N) is 1. The van der Waals surface area contributed by atoms with Gasteiger partial charge in [-0.1, -0.05) is 6.92 Å². The molecular weight excluding hydrogens is 500 g/mol. The van der Waals surface area contributed by atoms with Gasteiger partial charge in [0, 0.05) is 47.8 Å². The Kier molecular flexibility index (Phi) is 6.93. The van der Waals surface area contributed by atoms with Crippen LogP contribution in [-0.4, -0.2) is 108 Å². The molecule has 0 radical (unpaired) electrons. The molecule has 0 saturated carbocycles. The van der Waals surface area contributed by atoms with Gasteiger partial charge in [0.05, 0.1) is 18.0 Å². The van der Waals surface area contributed by atoms with E-state index in [-0.39, 0.29) is 53.3 Å². The Labute approximate surface area is 217 Å². The number of aromatic nitrogens is 4. The van der Waals surface area contributed by atoms with E-state index in [4.69, 9.17) is 11.1 Å². The van der Waals surface area contributed by atoms with Crippen molar-refractivity contribution >= 4 is 35.4 Å². The lowest BCUT2D eigenvalue weighted by Gasteiger charge is -2.47. The average Bonchev–Trinajstić information content (AvgIpc) is 3.63. The highest BCUT2D eigenvalue weighted by Gasteiger charge is 2.60. The van der Waals surface area contributed by atoms with Gasteiger partial charge < -0.3 is 31.3 Å². The van der Waals surface area contributed by atoms with Crippen LogP contribution < -0.4 is 16.4 Å². The molecule has 37 heavy (non-hydrogen) atoms. The summed E-state index contributed by atoms with van der Waals surface area (Å²) in [6.07, 6.45) is 2.91. The SMILES string of the molecule is C[C@@H](NC(=O)Cn1cnnn1)[C@H]1C(=O)N2C(C(=O)O)=C(S[C@@H]3CN[C@H](C(=N)N4CC[C@@H](N)C4)C3)[C@H](C)[C@H]12. The van der Waals surface area contributed by atoms with Crippen LogP contribution in [0.4, 0.5) is 0 Å². The lowest BCUT2D eigenvalue weighted by Crippen LogP contribution is -2.66. The van der Waals surface area contributed by atoms with Crippen molar-refractivity contribution in [2.45, 2.75) is 62.7 Å². The zero-order valence-corrected chi connectivity index (χ0v) is 21.5. The Morgan fingerprint density at radius 3 is 2.86 bits per heavy atom. The highest BCUT2D eigenvalue weighted by Crippen LogP contribution is 2.51. The van der Waals surface area contributed by atoms with Gasteiger partial charge in [0.2, 0.25) is 11.8 Å². The van der Waals surface area contributed by atoms with Gasteiger partial charge in [-0.25, -0.2) is 9.48 Å². The van der Waals surface area contributed by atoms with Crippen molar-refractivity contribution in [2.75, 3.05) is 19.6 Å². The second-order valence-electron chi connectivity index (χ2n) is 10.2. The minimum atomic E-state index is -1.12. The monoisotopic (exact) mass is 532 g/mol. The molecule has 4 aliphatic rings. The number of β-lactam (4-membered cyclic amide) rings is 1. The average molecular weight is 533 g/mol. The van der Waals surface area contributed by atoms with E-state index >= 15 is 0 Å². The molecule has 5 heterocycles. The first-order valence-electron chi connectivity index (χ1n) is 12.4. The van der Waals surface area contributed by atoms with Gasteiger partial charge >= 0.3 is 5.97 Å². The van der Waals surface area contributed by atoms with Crippen LogP contribution in [0.5, 0.6) is 0 Å². The molecule has 0 unspecified atom stereocenters. The molecule has 200 valence electrons. The van der Waals surface area contributed by atoms with Crippen molar-refractivity contribution in [1.29, 1.82) is 5.41 Å². The number of hydrogen-bond donors (Lipinski definition) is 5. The molecule has 3 saturated heterocycles. The number of nitrogens with one attached hydrogen (secondary N) is 3. The largest absolute Gasteiger partial charge is 0.477 e. The normalized spacial score (nSPS) is 31.9. The highest BCUT2D eigenvalue weighted by atomic mass is 32.2. The molecule has 6 N–H and O–H groups in total. The van der Waals surface area contributed by atoms with Crippen LogP contribution in [0.2, 0.25) is 0 Å². The number of tetrazole rings is 1. The lowest BCUT2D eigenvalue weighted by molar-refractivity contribution is -0.158. The predicted molar refractivity (Wildman–Crippen MR) is 133 cm³/mol. The molecule has 5 rings (SSSR count). The second kappa shape index (κ2) is 10.0. The maximum Gasteiger partial charge on any atom is 0.353 e. The number of amides is 2. The van der Waals surface area contributed by atoms with Crippen LogP contribution in [0, 0.1) is 17.2 Å². The molecule has 4 aliphatic heterocycles. The first-order valence-corrected chi connectivity index (χ1v) is 13.3. The number of fused-ring (bicyclic) bond motifs is 1. The van der Waals surface area contributed by atoms with E-state index in [1.165, 1.54) is 27.7 Å². The quantitative estimate of drug-likeness (QED) is 0.147. The number of likely N-dealkylation sites (tertiary alicyclic amines) is 1. The summed E-state index contributed by atoms with van der Waals surface area (Å²) < 4.78 is 1.29. The van der Waals surface area contributed by atoms with E-state index in [0.717, 1.165) is 13.0 Å². The molecule has 1 aromatic rings. The summed E-state index contributed by atoms with van der Waals surface area (Å²) >= 11 is 1.49. The number of hydrogen-bond acceptors (Lipinski definition) is 10. The summed E-state index contributed by atoms with van der Waals surface area (Å²) in [4.78, 5) is 41.9. The fourth-order valence-corrected chi connectivity index (χ4v) is 7.37. The van der Waals surface area contributed by atoms with Crippen LogP contribution in [0.3, 0.4) is 0 Å². The fraction of sp³-hybridized carbons (Fsp3) is 0.682. The van der Waals surface area contributed by atoms with Gasteiger partial charge in [-0.05, 0) is 30.2 Å². The summed E-state index contributed by atoms with van der Waals surface area (Å²) in [5, 5.41) is 35.6. The van der Waals surface area contributed by atoms with E-state index < -0.39 is 17.9 Å². The predicted octanol–water partition coefficient (Wildman–Crippen LogP) is -1.58. The van der Waals surface area contributed by atoms with E-state index in [1.807, 2.05) is 11.8 Å². The van der Waals surface area contributed by atoms with E-state index in [1.54, 1.807) is 6.92 Å². The third-order valence-corrected chi connectivity index (χ3v) is 9.21. The summed E-state index contributed by atoms with van der Waals surface area (Å²) in [6.45, 7) is 5.74. The van der Waals surface area contributed by atoms with Crippen molar-refractivity contribution in [1.82, 2.24) is 40.6 Å². The maximum absolute atomic E-state index is 13.1. The third kappa shape index (κ3) is 4.70. The zero-order valence-electron chi connectivity index (χ0n) is 20.7. The fourth-order valence-electron chi connectivity index (χ4n) is 5.89. The Morgan fingerprint density at radius 1 is 1.43 bits per heavy atom. The number of carbonyl (C=O) groups is 3. The zero-order chi connectivity index (χ0) is 26.4. The Balaban J connectivity index is 1.23. The molecule has 7 atom stereocenters. The first-order chi connectivity index (χ1) is 17.7. The molecule has 3 fully saturated rings. The van der Waals surface area contributed by atoms with Gasteiger partial charge in [-0.2, -0.15) is 0 Å². The van der Waals surface area contributed by atoms with Crippen molar-refractivity contribution in [3.05, 3.63) is 16.9 Å². The summed E-state index contributed by atoms with van der Waals surface area (Å²) in [5.74, 6) is -1.93. The highest BCUT2D eigenvalue weighted by molar-refractivity contribution is 8.03. The summed E-state index contributed by atoms with van der Waals surface area (Å²) in [5.41, 5.74) is 6.04. The first kappa shape index (κ1) is 25.6. The number of carboxylic acids is 1. The van der Waals surface area contributed by atoms with Crippen molar-refractivity contribution in [3.63, 3.8) is 0 Å². The van der Waals surface area contributed by atoms with Crippen LogP contribution in [0.1, 0.15) is 26.7 Å². The summed E-state index contributed by atoms with van der Waals surface area (Å²) in [7, 11) is 0. The van der Waals surface area contributed by atoms with Crippen LogP contribution in [-0.2, 0) is 20.9 Å². The molecule has 0 spiro atoms. The van der Waals surface area contributed by atoms with Gasteiger partial charge in [0.25, 0.3) is 0 Å². The van der Waals surface area contributed by atoms with E-state index in [9.17, 15) is 19.5 Å². The van der Waals surface area contributed by atoms with Gasteiger partial charge in [0.15, 0.2) is 0 Å². The van der Waals surface area contributed by atoms with E-state index in [0.29, 0.717) is 30.3 Å². The summed E-state index contributed by atoms with van der Waals surface area (Å²) in [6, 6.07) is -0.824. The molecule has 0 bridgehead atoms. The van der Waals surface area contributed by atoms with Gasteiger partial charge in [-0.3, -0.25) is 15.0 Å². The molecule has 14 nitrogen and oxygen atoms in total. The van der Waals surface area contributed by atoms with Crippen molar-refractivity contribution in [3.8, 4) is 0 Å². The number of aliphatic carboxylic acids is 1. The second-order valence-corrected chi connectivity index (χ2v) is 11.6. The van der Waals surface area contributed by atoms with Crippen molar-refractivity contribution < 1.29 is 19.5 Å². The number of carbonyl (C=O) groups excluding carboxylic acids is 2. The van der Waals surface area contributed by atoms with Crippen molar-refractivity contribution in [2.24, 2.45) is 17.6 Å². The number of thioether (sulfide) groups is 1. The molecule has 15 heteroatoms. The third-order valence-electron chi connectivity index (χ3n) is 7.70. The number of rotatable bonds is 8. The van der Waals surface area contributed by atoms with Gasteiger partial charge in [-0.15, -0.1) is 16.9 Å². The lowest BCUT2D eigenvalue weighted by atomic mass is 9.78. The minimum Gasteiger partial charge on any atom is -0.477 e. The molecule has 0 aliphatic carbocycles. The molecule has 2 amide bonds. The minimum absolute atomic E-state index is 0.0417. The maximum atomic E-state index is 13.1. The molecule has 1 aromatic heterocycles. The van der Waals surface area contributed by atoms with Crippen LogP contribution in [0.15, 0.2) is 16.9 Å². The standard InChI is InChI=1S/C22H32N10O4S/c1-10-17-16(11(2)27-15(33)8-31-9-26-28-29-31)21(34)32(17)18(22(35)36)19(10)37-13-5-14(25-6-13)20(24)30-4-3-12(23)7-30/h9-14,16-17,24-25H,3-8,23H2,1-2H3,(H,27,33)(H,35,36)/t10-,11-,12-,13+,14+,16-,17-/m1/s1. The van der Waals surface area contributed by atoms with E-state index in [2.05, 4.69) is 26.2 Å². The van der Waals surface area contributed by atoms with Crippen LogP contribution >= 0.6 is 11.8 Å². The Morgan fingerprint density at radius 2 is 2.22 bits per heavy atom. The molecular formula is C22H32N10O4S.